The number of carbonyl (C=O) groups is 1. The highest BCUT2D eigenvalue weighted by Crippen LogP contribution is 2.29. The summed E-state index contributed by atoms with van der Waals surface area (Å²) >= 11 is 12.0. The van der Waals surface area contributed by atoms with Crippen molar-refractivity contribution < 1.29 is 14.5 Å². The third-order valence-corrected chi connectivity index (χ3v) is 4.58. The fourth-order valence-corrected chi connectivity index (χ4v) is 2.78. The van der Waals surface area contributed by atoms with Gasteiger partial charge < -0.3 is 9.64 Å². The summed E-state index contributed by atoms with van der Waals surface area (Å²) in [5.74, 6) is -0.219. The molecule has 0 aliphatic rings. The molecule has 2 rings (SSSR count). The Morgan fingerprint density at radius 3 is 2.42 bits per heavy atom. The Balaban J connectivity index is 2.35. The van der Waals surface area contributed by atoms with Gasteiger partial charge in [-0.05, 0) is 43.7 Å². The highest BCUT2D eigenvalue weighted by molar-refractivity contribution is 6.42. The first-order valence-electron chi connectivity index (χ1n) is 7.82. The molecule has 0 radical (unpaired) electrons. The molecule has 0 atom stereocenters. The van der Waals surface area contributed by atoms with Gasteiger partial charge in [-0.15, -0.1) is 0 Å². The third kappa shape index (κ3) is 4.45. The minimum Gasteiger partial charge on any atom is -0.490 e. The van der Waals surface area contributed by atoms with Crippen LogP contribution in [0.5, 0.6) is 5.75 Å². The van der Waals surface area contributed by atoms with Crippen LogP contribution in [0.25, 0.3) is 0 Å². The number of hydrogen-bond acceptors (Lipinski definition) is 4. The van der Waals surface area contributed by atoms with E-state index in [4.69, 9.17) is 27.9 Å². The topological polar surface area (TPSA) is 72.7 Å². The van der Waals surface area contributed by atoms with Crippen LogP contribution in [0.3, 0.4) is 0 Å². The van der Waals surface area contributed by atoms with Crippen molar-refractivity contribution in [3.63, 3.8) is 0 Å². The molecule has 0 bridgehead atoms. The van der Waals surface area contributed by atoms with Crippen LogP contribution in [-0.4, -0.2) is 28.9 Å². The number of ether oxygens (including phenoxy) is 1. The Bertz CT molecular complexity index is 840. The van der Waals surface area contributed by atoms with E-state index in [-0.39, 0.29) is 28.9 Å². The molecule has 2 aromatic rings. The molecule has 0 saturated heterocycles. The van der Waals surface area contributed by atoms with Gasteiger partial charge in [-0.2, -0.15) is 0 Å². The molecule has 1 amide bonds. The predicted molar refractivity (Wildman–Crippen MR) is 101 cm³/mol. The van der Waals surface area contributed by atoms with Crippen molar-refractivity contribution in [2.24, 2.45) is 0 Å². The second kappa shape index (κ2) is 8.38. The Hall–Kier alpha value is -2.31. The first-order chi connectivity index (χ1) is 12.2. The lowest BCUT2D eigenvalue weighted by atomic mass is 10.1. The molecule has 2 aromatic carbocycles. The van der Waals surface area contributed by atoms with Crippen molar-refractivity contribution in [2.75, 3.05) is 7.11 Å². The molecule has 0 heterocycles. The number of halogens is 2. The third-order valence-electron chi connectivity index (χ3n) is 3.84. The molecule has 0 unspecified atom stereocenters. The van der Waals surface area contributed by atoms with Crippen LogP contribution in [0.15, 0.2) is 36.4 Å². The lowest BCUT2D eigenvalue weighted by Gasteiger charge is -2.27. The number of carbonyl (C=O) groups excluding carboxylic acids is 1. The summed E-state index contributed by atoms with van der Waals surface area (Å²) in [4.78, 5) is 25.1. The van der Waals surface area contributed by atoms with Crippen LogP contribution in [0, 0.1) is 10.1 Å². The van der Waals surface area contributed by atoms with E-state index >= 15 is 0 Å². The highest BCUT2D eigenvalue weighted by atomic mass is 35.5. The van der Waals surface area contributed by atoms with Crippen LogP contribution in [0.1, 0.15) is 29.8 Å². The van der Waals surface area contributed by atoms with E-state index in [2.05, 4.69) is 0 Å². The van der Waals surface area contributed by atoms with Crippen LogP contribution in [0.2, 0.25) is 10.0 Å². The maximum atomic E-state index is 12.9. The zero-order valence-electron chi connectivity index (χ0n) is 14.5. The number of benzene rings is 2. The Labute approximate surface area is 161 Å². The van der Waals surface area contributed by atoms with Gasteiger partial charge in [-0.25, -0.2) is 0 Å². The predicted octanol–water partition coefficient (Wildman–Crippen LogP) is 4.96. The molecule has 0 aromatic heterocycles. The van der Waals surface area contributed by atoms with E-state index in [1.807, 2.05) is 13.8 Å². The number of hydrogen-bond donors (Lipinski definition) is 0. The van der Waals surface area contributed by atoms with Gasteiger partial charge in [0.25, 0.3) is 5.91 Å². The molecule has 26 heavy (non-hydrogen) atoms. The number of rotatable bonds is 6. The molecular formula is C18H18Cl2N2O4. The van der Waals surface area contributed by atoms with E-state index in [0.717, 1.165) is 5.56 Å². The molecular weight excluding hydrogens is 379 g/mol. The fraction of sp³-hybridized carbons (Fsp3) is 0.278. The van der Waals surface area contributed by atoms with Gasteiger partial charge in [0.05, 0.1) is 22.1 Å². The van der Waals surface area contributed by atoms with Gasteiger partial charge in [-0.1, -0.05) is 29.3 Å². The molecule has 0 saturated carbocycles. The molecule has 0 spiro atoms. The molecule has 8 heteroatoms. The monoisotopic (exact) mass is 396 g/mol. The Morgan fingerprint density at radius 2 is 1.88 bits per heavy atom. The maximum Gasteiger partial charge on any atom is 0.311 e. The average Bonchev–Trinajstić information content (AvgIpc) is 2.61. The largest absolute Gasteiger partial charge is 0.490 e. The summed E-state index contributed by atoms with van der Waals surface area (Å²) in [6, 6.07) is 9.18. The zero-order chi connectivity index (χ0) is 19.4. The van der Waals surface area contributed by atoms with Gasteiger partial charge in [0.15, 0.2) is 5.75 Å². The van der Waals surface area contributed by atoms with Crippen LogP contribution >= 0.6 is 23.2 Å². The number of methoxy groups -OCH3 is 1. The summed E-state index contributed by atoms with van der Waals surface area (Å²) in [6.07, 6.45) is 0. The molecule has 0 N–H and O–H groups in total. The summed E-state index contributed by atoms with van der Waals surface area (Å²) in [5, 5.41) is 12.0. The summed E-state index contributed by atoms with van der Waals surface area (Å²) in [7, 11) is 1.34. The van der Waals surface area contributed by atoms with Gasteiger partial charge in [0.1, 0.15) is 0 Å². The van der Waals surface area contributed by atoms with Crippen molar-refractivity contribution in [3.8, 4) is 5.75 Å². The van der Waals surface area contributed by atoms with Crippen molar-refractivity contribution in [2.45, 2.75) is 26.4 Å². The van der Waals surface area contributed by atoms with Gasteiger partial charge in [0.2, 0.25) is 0 Å². The standard InChI is InChI=1S/C18H18Cl2N2O4/c1-11(2)21(10-12-4-6-14(19)15(20)8-12)18(23)13-5-7-17(26-3)16(9-13)22(24)25/h4-9,11H,10H2,1-3H3. The lowest BCUT2D eigenvalue weighted by molar-refractivity contribution is -0.385. The fourth-order valence-electron chi connectivity index (χ4n) is 2.46. The van der Waals surface area contributed by atoms with Crippen molar-refractivity contribution in [1.82, 2.24) is 4.90 Å². The van der Waals surface area contributed by atoms with Gasteiger partial charge >= 0.3 is 5.69 Å². The molecule has 6 nitrogen and oxygen atoms in total. The van der Waals surface area contributed by atoms with E-state index in [1.54, 1.807) is 23.1 Å². The first kappa shape index (κ1) is 20.0. The number of nitrogens with zero attached hydrogens (tertiary/aromatic N) is 2. The minimum atomic E-state index is -0.575. The van der Waals surface area contributed by atoms with Crippen LogP contribution in [0.4, 0.5) is 5.69 Å². The second-order valence-corrected chi connectivity index (χ2v) is 6.73. The van der Waals surface area contributed by atoms with E-state index in [1.165, 1.54) is 25.3 Å². The SMILES string of the molecule is COc1ccc(C(=O)N(Cc2ccc(Cl)c(Cl)c2)C(C)C)cc1[N+](=O)[O-]. The zero-order valence-corrected chi connectivity index (χ0v) is 16.0. The number of nitro groups is 1. The molecule has 0 aliphatic heterocycles. The van der Waals surface area contributed by atoms with E-state index in [9.17, 15) is 14.9 Å². The van der Waals surface area contributed by atoms with Crippen LogP contribution in [-0.2, 0) is 6.54 Å². The van der Waals surface area contributed by atoms with Crippen molar-refractivity contribution in [3.05, 3.63) is 67.7 Å². The second-order valence-electron chi connectivity index (χ2n) is 5.92. The van der Waals surface area contributed by atoms with Gasteiger partial charge in [-0.3, -0.25) is 14.9 Å². The van der Waals surface area contributed by atoms with E-state index < -0.39 is 4.92 Å². The van der Waals surface area contributed by atoms with Crippen molar-refractivity contribution in [1.29, 1.82) is 0 Å². The smallest absolute Gasteiger partial charge is 0.311 e. The maximum absolute atomic E-state index is 12.9. The van der Waals surface area contributed by atoms with E-state index in [0.29, 0.717) is 16.6 Å². The highest BCUT2D eigenvalue weighted by Gasteiger charge is 2.23. The average molecular weight is 397 g/mol. The Kier molecular flexibility index (Phi) is 6.45. The van der Waals surface area contributed by atoms with Gasteiger partial charge in [0, 0.05) is 24.2 Å². The normalized spacial score (nSPS) is 10.7. The summed E-state index contributed by atoms with van der Waals surface area (Å²) < 4.78 is 4.98. The minimum absolute atomic E-state index is 0.104. The van der Waals surface area contributed by atoms with Crippen LogP contribution < -0.4 is 4.74 Å². The lowest BCUT2D eigenvalue weighted by Crippen LogP contribution is -2.36. The summed E-state index contributed by atoms with van der Waals surface area (Å²) in [6.45, 7) is 4.04. The molecule has 138 valence electrons. The van der Waals surface area contributed by atoms with Crippen molar-refractivity contribution >= 4 is 34.8 Å². The summed E-state index contributed by atoms with van der Waals surface area (Å²) in [5.41, 5.74) is 0.771. The number of amides is 1. The molecule has 0 fully saturated rings. The quantitative estimate of drug-likeness (QED) is 0.510. The number of nitro benzene ring substituents is 1. The molecule has 0 aliphatic carbocycles. The first-order valence-corrected chi connectivity index (χ1v) is 8.57. The Morgan fingerprint density at radius 1 is 1.19 bits per heavy atom.